The number of ether oxygens (including phenoxy) is 1. The van der Waals surface area contributed by atoms with Crippen LogP contribution >= 0.6 is 0 Å². The molecule has 0 aliphatic carbocycles. The first-order valence-electron chi connectivity index (χ1n) is 17.0. The molecule has 0 amide bonds. The molecule has 0 unspecified atom stereocenters. The van der Waals surface area contributed by atoms with Gasteiger partial charge < -0.3 is 19.9 Å². The molecule has 6 nitrogen and oxygen atoms in total. The summed E-state index contributed by atoms with van der Waals surface area (Å²) in [7, 11) is 1.76. The van der Waals surface area contributed by atoms with Crippen molar-refractivity contribution in [2.75, 3.05) is 17.7 Å². The fourth-order valence-electron chi connectivity index (χ4n) is 6.23. The highest BCUT2D eigenvalue weighted by Crippen LogP contribution is 2.43. The van der Waals surface area contributed by atoms with Crippen molar-refractivity contribution in [2.24, 2.45) is 0 Å². The summed E-state index contributed by atoms with van der Waals surface area (Å²) in [5.41, 5.74) is 11.4. The third-order valence-corrected chi connectivity index (χ3v) is 9.11. The van der Waals surface area contributed by atoms with E-state index in [9.17, 15) is 0 Å². The first-order chi connectivity index (χ1) is 23.1. The van der Waals surface area contributed by atoms with Crippen molar-refractivity contribution in [3.05, 3.63) is 120 Å². The Morgan fingerprint density at radius 1 is 0.633 bits per heavy atom. The molecule has 0 aliphatic rings. The maximum atomic E-state index is 6.09. The molecule has 0 fully saturated rings. The molecule has 0 saturated heterocycles. The van der Waals surface area contributed by atoms with Crippen molar-refractivity contribution in [2.45, 2.75) is 78.6 Å². The normalized spacial score (nSPS) is 12.3. The average Bonchev–Trinajstić information content (AvgIpc) is 3.44. The lowest BCUT2D eigenvalue weighted by Gasteiger charge is -2.29. The highest BCUT2D eigenvalue weighted by molar-refractivity contribution is 5.96. The van der Waals surface area contributed by atoms with Gasteiger partial charge in [0.05, 0.1) is 53.0 Å². The molecule has 2 N–H and O–H groups in total. The summed E-state index contributed by atoms with van der Waals surface area (Å²) in [6.45, 7) is 20.1. The van der Waals surface area contributed by atoms with Gasteiger partial charge in [-0.2, -0.15) is 0 Å². The summed E-state index contributed by atoms with van der Waals surface area (Å²) in [6.07, 6.45) is 7.88. The molecule has 6 heteroatoms. The van der Waals surface area contributed by atoms with Gasteiger partial charge in [0, 0.05) is 35.1 Å². The SMILES string of the molecule is COc1c(Nc2ccccc2Nc2ccccc2-n2cc(-c3cc(C(C)(C)C)ccn3)c3ccncc32)cc(C(C)(C)C)cc1C(C)(C)C. The maximum Gasteiger partial charge on any atom is 0.146 e. The van der Waals surface area contributed by atoms with E-state index < -0.39 is 0 Å². The number of hydrogen-bond donors (Lipinski definition) is 2. The minimum absolute atomic E-state index is 0.0158. The monoisotopic (exact) mass is 651 g/mol. The summed E-state index contributed by atoms with van der Waals surface area (Å²) in [4.78, 5) is 9.33. The number of methoxy groups -OCH3 is 1. The quantitative estimate of drug-likeness (QED) is 0.180. The zero-order valence-corrected chi connectivity index (χ0v) is 30.6. The summed E-state index contributed by atoms with van der Waals surface area (Å²) in [6, 6.07) is 27.6. The zero-order chi connectivity index (χ0) is 35.1. The van der Waals surface area contributed by atoms with Gasteiger partial charge in [-0.3, -0.25) is 9.97 Å². The van der Waals surface area contributed by atoms with Gasteiger partial charge >= 0.3 is 0 Å². The number of pyridine rings is 2. The molecule has 0 radical (unpaired) electrons. The molecule has 6 rings (SSSR count). The van der Waals surface area contributed by atoms with Gasteiger partial charge in [-0.15, -0.1) is 0 Å². The molecular formula is C43H49N5O. The third kappa shape index (κ3) is 6.91. The van der Waals surface area contributed by atoms with Crippen molar-refractivity contribution in [1.82, 2.24) is 14.5 Å². The lowest BCUT2D eigenvalue weighted by molar-refractivity contribution is 0.398. The number of nitrogens with one attached hydrogen (secondary N) is 2. The summed E-state index contributed by atoms with van der Waals surface area (Å²) < 4.78 is 8.30. The smallest absolute Gasteiger partial charge is 0.146 e. The van der Waals surface area contributed by atoms with E-state index in [0.29, 0.717) is 0 Å². The Balaban J connectivity index is 1.43. The van der Waals surface area contributed by atoms with Crippen molar-refractivity contribution < 1.29 is 4.74 Å². The van der Waals surface area contributed by atoms with Crippen LogP contribution < -0.4 is 15.4 Å². The van der Waals surface area contributed by atoms with E-state index in [1.165, 1.54) is 16.7 Å². The number of nitrogens with zero attached hydrogens (tertiary/aromatic N) is 3. The van der Waals surface area contributed by atoms with E-state index in [2.05, 4.69) is 168 Å². The van der Waals surface area contributed by atoms with E-state index in [-0.39, 0.29) is 16.2 Å². The van der Waals surface area contributed by atoms with Gasteiger partial charge in [-0.05, 0) is 75.9 Å². The van der Waals surface area contributed by atoms with Crippen LogP contribution in [0.5, 0.6) is 5.75 Å². The zero-order valence-electron chi connectivity index (χ0n) is 30.6. The molecule has 0 spiro atoms. The molecule has 0 saturated carbocycles. The van der Waals surface area contributed by atoms with Gasteiger partial charge in [0.1, 0.15) is 5.75 Å². The Hall–Kier alpha value is -5.10. The number of fused-ring (bicyclic) bond motifs is 1. The van der Waals surface area contributed by atoms with E-state index in [4.69, 9.17) is 9.72 Å². The molecular weight excluding hydrogens is 603 g/mol. The first-order valence-corrected chi connectivity index (χ1v) is 17.0. The van der Waals surface area contributed by atoms with Crippen LogP contribution in [0.2, 0.25) is 0 Å². The minimum Gasteiger partial charge on any atom is -0.494 e. The topological polar surface area (TPSA) is 64.0 Å². The molecule has 6 aromatic rings. The van der Waals surface area contributed by atoms with Crippen molar-refractivity contribution in [3.8, 4) is 22.7 Å². The molecule has 3 aromatic carbocycles. The summed E-state index contributed by atoms with van der Waals surface area (Å²) in [5.74, 6) is 0.860. The Kier molecular flexibility index (Phi) is 8.78. The number of anilines is 4. The second-order valence-corrected chi connectivity index (χ2v) is 15.9. The average molecular weight is 652 g/mol. The Morgan fingerprint density at radius 3 is 1.90 bits per heavy atom. The Bertz CT molecular complexity index is 2120. The molecule has 252 valence electrons. The molecule has 3 aromatic heterocycles. The fraction of sp³-hybridized carbons (Fsp3) is 0.302. The Labute approximate surface area is 291 Å². The van der Waals surface area contributed by atoms with Crippen LogP contribution in [0.3, 0.4) is 0 Å². The predicted octanol–water partition coefficient (Wildman–Crippen LogP) is 11.5. The van der Waals surface area contributed by atoms with Crippen LogP contribution in [0.1, 0.15) is 79.0 Å². The summed E-state index contributed by atoms with van der Waals surface area (Å²) >= 11 is 0. The Morgan fingerprint density at radius 2 is 1.27 bits per heavy atom. The van der Waals surface area contributed by atoms with Crippen LogP contribution in [0.15, 0.2) is 104 Å². The highest BCUT2D eigenvalue weighted by Gasteiger charge is 2.26. The van der Waals surface area contributed by atoms with E-state index in [1.54, 1.807) is 7.11 Å². The van der Waals surface area contributed by atoms with Gasteiger partial charge in [0.15, 0.2) is 0 Å². The van der Waals surface area contributed by atoms with Crippen molar-refractivity contribution >= 4 is 33.7 Å². The second-order valence-electron chi connectivity index (χ2n) is 15.9. The van der Waals surface area contributed by atoms with Gasteiger partial charge in [0.25, 0.3) is 0 Å². The van der Waals surface area contributed by atoms with Crippen LogP contribution in [0.25, 0.3) is 27.8 Å². The molecule has 3 heterocycles. The third-order valence-electron chi connectivity index (χ3n) is 9.11. The van der Waals surface area contributed by atoms with E-state index in [0.717, 1.165) is 56.3 Å². The maximum absolute atomic E-state index is 6.09. The molecule has 0 atom stereocenters. The fourth-order valence-corrected chi connectivity index (χ4v) is 6.23. The predicted molar refractivity (Wildman–Crippen MR) is 206 cm³/mol. The number of rotatable bonds is 7. The lowest BCUT2D eigenvalue weighted by Crippen LogP contribution is -2.18. The van der Waals surface area contributed by atoms with E-state index >= 15 is 0 Å². The number of aromatic nitrogens is 3. The van der Waals surface area contributed by atoms with Gasteiger partial charge in [-0.1, -0.05) is 92.6 Å². The highest BCUT2D eigenvalue weighted by atomic mass is 16.5. The van der Waals surface area contributed by atoms with E-state index in [1.807, 2.05) is 18.6 Å². The number of hydrogen-bond acceptors (Lipinski definition) is 5. The molecule has 0 aliphatic heterocycles. The lowest BCUT2D eigenvalue weighted by atomic mass is 9.79. The number of benzene rings is 3. The summed E-state index contributed by atoms with van der Waals surface area (Å²) in [5, 5.41) is 8.63. The van der Waals surface area contributed by atoms with Crippen LogP contribution in [-0.4, -0.2) is 21.6 Å². The van der Waals surface area contributed by atoms with Gasteiger partial charge in [0.2, 0.25) is 0 Å². The number of para-hydroxylation sites is 4. The first kappa shape index (κ1) is 33.8. The molecule has 0 bridgehead atoms. The second kappa shape index (κ2) is 12.7. The van der Waals surface area contributed by atoms with Crippen LogP contribution in [0.4, 0.5) is 22.7 Å². The molecule has 49 heavy (non-hydrogen) atoms. The minimum atomic E-state index is -0.101. The van der Waals surface area contributed by atoms with Crippen LogP contribution in [0, 0.1) is 0 Å². The van der Waals surface area contributed by atoms with Crippen molar-refractivity contribution in [1.29, 1.82) is 0 Å². The van der Waals surface area contributed by atoms with Gasteiger partial charge in [-0.25, -0.2) is 0 Å². The van der Waals surface area contributed by atoms with Crippen LogP contribution in [-0.2, 0) is 16.2 Å². The largest absolute Gasteiger partial charge is 0.494 e. The standard InChI is InChI=1S/C43H49N5O/c1-41(2,3)28-19-22-45-36(24-28)31-27-48(39-26-44-21-20-30(31)39)38-18-14-13-17-35(38)46-33-15-11-12-16-34(33)47-37-25-29(42(4,5)6)23-32(40(37)49-10)43(7,8)9/h11-27,46-47H,1-10H3. The van der Waals surface area contributed by atoms with Crippen molar-refractivity contribution in [3.63, 3.8) is 0 Å².